The molecule has 0 fully saturated rings. The first-order valence-corrected chi connectivity index (χ1v) is 5.09. The van der Waals surface area contributed by atoms with Crippen LogP contribution in [-0.2, 0) is 6.54 Å². The van der Waals surface area contributed by atoms with Crippen molar-refractivity contribution in [2.24, 2.45) is 0 Å². The van der Waals surface area contributed by atoms with E-state index in [1.807, 2.05) is 13.1 Å². The Hall–Kier alpha value is -2.44. The molecule has 0 aromatic carbocycles. The van der Waals surface area contributed by atoms with E-state index in [9.17, 15) is 10.1 Å². The van der Waals surface area contributed by atoms with Crippen LogP contribution in [0.25, 0.3) is 0 Å². The molecular weight excluding hydrogens is 222 g/mol. The molecule has 0 aliphatic heterocycles. The quantitative estimate of drug-likeness (QED) is 0.644. The lowest BCUT2D eigenvalue weighted by molar-refractivity contribution is -0.385. The molecule has 88 valence electrons. The van der Waals surface area contributed by atoms with Gasteiger partial charge in [-0.2, -0.15) is 5.10 Å². The summed E-state index contributed by atoms with van der Waals surface area (Å²) in [5.41, 5.74) is 0.771. The highest BCUT2D eigenvalue weighted by Gasteiger charge is 2.05. The molecule has 1 N–H and O–H groups in total. The van der Waals surface area contributed by atoms with Gasteiger partial charge in [-0.15, -0.1) is 0 Å². The van der Waals surface area contributed by atoms with Crippen LogP contribution in [0.1, 0.15) is 6.92 Å². The molecule has 0 spiro atoms. The summed E-state index contributed by atoms with van der Waals surface area (Å²) in [5, 5.41) is 17.5. The van der Waals surface area contributed by atoms with Gasteiger partial charge in [0, 0.05) is 18.8 Å². The molecule has 0 atom stereocenters. The monoisotopic (exact) mass is 233 g/mol. The minimum Gasteiger partial charge on any atom is -0.338 e. The molecule has 17 heavy (non-hydrogen) atoms. The Balaban J connectivity index is 2.10. The summed E-state index contributed by atoms with van der Waals surface area (Å²) in [5.74, 6) is 0.547. The zero-order valence-corrected chi connectivity index (χ0v) is 9.20. The van der Waals surface area contributed by atoms with Gasteiger partial charge < -0.3 is 5.32 Å². The van der Waals surface area contributed by atoms with Crippen molar-refractivity contribution in [1.82, 2.24) is 14.8 Å². The van der Waals surface area contributed by atoms with Crippen LogP contribution in [0, 0.1) is 10.1 Å². The molecule has 0 saturated heterocycles. The number of hydrogen-bond donors (Lipinski definition) is 1. The van der Waals surface area contributed by atoms with Crippen molar-refractivity contribution >= 4 is 17.2 Å². The van der Waals surface area contributed by atoms with E-state index >= 15 is 0 Å². The summed E-state index contributed by atoms with van der Waals surface area (Å²) in [6, 6.07) is 2.96. The van der Waals surface area contributed by atoms with E-state index in [2.05, 4.69) is 15.4 Å². The van der Waals surface area contributed by atoms with Gasteiger partial charge in [0.2, 0.25) is 0 Å². The normalized spacial score (nSPS) is 10.2. The lowest BCUT2D eigenvalue weighted by atomic mass is 10.4. The fourth-order valence-corrected chi connectivity index (χ4v) is 1.32. The number of nitrogens with one attached hydrogen (secondary N) is 1. The SMILES string of the molecule is CCn1cc(Nc2ccc([N+](=O)[O-])cn2)cn1. The second-order valence-electron chi connectivity index (χ2n) is 3.37. The van der Waals surface area contributed by atoms with Gasteiger partial charge in [0.25, 0.3) is 5.69 Å². The number of aryl methyl sites for hydroxylation is 1. The maximum atomic E-state index is 10.4. The van der Waals surface area contributed by atoms with Crippen LogP contribution < -0.4 is 5.32 Å². The number of aromatic nitrogens is 3. The highest BCUT2D eigenvalue weighted by atomic mass is 16.6. The van der Waals surface area contributed by atoms with Gasteiger partial charge in [0.05, 0.1) is 16.8 Å². The Morgan fingerprint density at radius 2 is 2.29 bits per heavy atom. The average molecular weight is 233 g/mol. The molecule has 0 aliphatic rings. The van der Waals surface area contributed by atoms with E-state index in [0.717, 1.165) is 12.2 Å². The zero-order chi connectivity index (χ0) is 12.3. The number of pyridine rings is 1. The predicted molar refractivity (Wildman–Crippen MR) is 62.1 cm³/mol. The minimum absolute atomic E-state index is 0.0280. The van der Waals surface area contributed by atoms with Crippen molar-refractivity contribution in [2.45, 2.75) is 13.5 Å². The first-order chi connectivity index (χ1) is 8.19. The van der Waals surface area contributed by atoms with Crippen molar-refractivity contribution in [3.8, 4) is 0 Å². The van der Waals surface area contributed by atoms with Crippen LogP contribution in [0.15, 0.2) is 30.7 Å². The fraction of sp³-hybridized carbons (Fsp3) is 0.200. The summed E-state index contributed by atoms with van der Waals surface area (Å²) >= 11 is 0. The van der Waals surface area contributed by atoms with Crippen molar-refractivity contribution in [3.63, 3.8) is 0 Å². The van der Waals surface area contributed by atoms with Gasteiger partial charge in [-0.25, -0.2) is 4.98 Å². The van der Waals surface area contributed by atoms with Gasteiger partial charge in [-0.3, -0.25) is 14.8 Å². The summed E-state index contributed by atoms with van der Waals surface area (Å²) < 4.78 is 1.77. The molecule has 0 radical (unpaired) electrons. The number of rotatable bonds is 4. The van der Waals surface area contributed by atoms with Crippen LogP contribution in [0.3, 0.4) is 0 Å². The van der Waals surface area contributed by atoms with E-state index in [4.69, 9.17) is 0 Å². The van der Waals surface area contributed by atoms with Crippen molar-refractivity contribution in [2.75, 3.05) is 5.32 Å². The third-order valence-electron chi connectivity index (χ3n) is 2.19. The summed E-state index contributed by atoms with van der Waals surface area (Å²) in [6.45, 7) is 2.77. The molecule has 0 unspecified atom stereocenters. The summed E-state index contributed by atoms with van der Waals surface area (Å²) in [4.78, 5) is 13.9. The number of anilines is 2. The average Bonchev–Trinajstić information content (AvgIpc) is 2.77. The zero-order valence-electron chi connectivity index (χ0n) is 9.20. The maximum absolute atomic E-state index is 10.4. The summed E-state index contributed by atoms with van der Waals surface area (Å²) in [7, 11) is 0. The van der Waals surface area contributed by atoms with Crippen molar-refractivity contribution < 1.29 is 4.92 Å². The standard InChI is InChI=1S/C10H11N5O2/c1-2-14-7-8(5-12-14)13-10-4-3-9(6-11-10)15(16)17/h3-7H,2H2,1H3,(H,11,13). The highest BCUT2D eigenvalue weighted by molar-refractivity contribution is 5.54. The molecule has 2 heterocycles. The smallest absolute Gasteiger partial charge is 0.287 e. The van der Waals surface area contributed by atoms with E-state index in [-0.39, 0.29) is 5.69 Å². The second-order valence-corrected chi connectivity index (χ2v) is 3.37. The minimum atomic E-state index is -0.480. The molecule has 0 saturated carbocycles. The number of nitro groups is 1. The molecule has 2 aromatic rings. The Bertz CT molecular complexity index is 520. The predicted octanol–water partition coefficient (Wildman–Crippen LogP) is 1.95. The third-order valence-corrected chi connectivity index (χ3v) is 2.19. The van der Waals surface area contributed by atoms with Gasteiger partial charge in [0.1, 0.15) is 12.0 Å². The van der Waals surface area contributed by atoms with E-state index in [0.29, 0.717) is 5.82 Å². The molecule has 7 heteroatoms. The van der Waals surface area contributed by atoms with Crippen LogP contribution in [0.4, 0.5) is 17.2 Å². The van der Waals surface area contributed by atoms with Crippen LogP contribution in [-0.4, -0.2) is 19.7 Å². The van der Waals surface area contributed by atoms with Crippen molar-refractivity contribution in [3.05, 3.63) is 40.8 Å². The van der Waals surface area contributed by atoms with Gasteiger partial charge in [-0.05, 0) is 13.0 Å². The lowest BCUT2D eigenvalue weighted by Crippen LogP contribution is -1.95. The maximum Gasteiger partial charge on any atom is 0.287 e. The summed E-state index contributed by atoms with van der Waals surface area (Å²) in [6.07, 6.45) is 4.72. The van der Waals surface area contributed by atoms with Gasteiger partial charge in [0.15, 0.2) is 0 Å². The Kier molecular flexibility index (Phi) is 2.99. The number of nitrogens with zero attached hydrogens (tertiary/aromatic N) is 4. The molecule has 0 bridgehead atoms. The van der Waals surface area contributed by atoms with Crippen LogP contribution in [0.2, 0.25) is 0 Å². The fourth-order valence-electron chi connectivity index (χ4n) is 1.32. The molecule has 7 nitrogen and oxygen atoms in total. The third kappa shape index (κ3) is 2.57. The first kappa shape index (κ1) is 11.1. The van der Waals surface area contributed by atoms with Crippen molar-refractivity contribution in [1.29, 1.82) is 0 Å². The Morgan fingerprint density at radius 3 is 2.82 bits per heavy atom. The molecule has 0 amide bonds. The lowest BCUT2D eigenvalue weighted by Gasteiger charge is -2.00. The van der Waals surface area contributed by atoms with Crippen LogP contribution >= 0.6 is 0 Å². The molecular formula is C10H11N5O2. The Morgan fingerprint density at radius 1 is 1.47 bits per heavy atom. The van der Waals surface area contributed by atoms with Gasteiger partial charge >= 0.3 is 0 Å². The highest BCUT2D eigenvalue weighted by Crippen LogP contribution is 2.16. The Labute approximate surface area is 97.2 Å². The largest absolute Gasteiger partial charge is 0.338 e. The van der Waals surface area contributed by atoms with Crippen LogP contribution in [0.5, 0.6) is 0 Å². The molecule has 0 aliphatic carbocycles. The van der Waals surface area contributed by atoms with E-state index in [1.54, 1.807) is 16.9 Å². The topological polar surface area (TPSA) is 85.9 Å². The first-order valence-electron chi connectivity index (χ1n) is 5.09. The van der Waals surface area contributed by atoms with E-state index in [1.165, 1.54) is 12.3 Å². The molecule has 2 rings (SSSR count). The van der Waals surface area contributed by atoms with E-state index < -0.39 is 4.92 Å². The van der Waals surface area contributed by atoms with Gasteiger partial charge in [-0.1, -0.05) is 0 Å². The number of hydrogen-bond acceptors (Lipinski definition) is 5. The second kappa shape index (κ2) is 4.60. The molecule has 2 aromatic heterocycles.